The van der Waals surface area contributed by atoms with Crippen molar-refractivity contribution in [3.63, 3.8) is 0 Å². The zero-order valence-corrected chi connectivity index (χ0v) is 42.1. The second-order valence-corrected chi connectivity index (χ2v) is 18.3. The van der Waals surface area contributed by atoms with Gasteiger partial charge in [-0.1, -0.05) is 156 Å². The quantitative estimate of drug-likeness (QED) is 0.0331. The number of carbonyl (C=O) groups is 1. The van der Waals surface area contributed by atoms with Crippen LogP contribution in [0, 0.1) is 0 Å². The monoisotopic (exact) mass is 929 g/mol. The fourth-order valence-corrected chi connectivity index (χ4v) is 8.29. The lowest BCUT2D eigenvalue weighted by Crippen LogP contribution is -2.38. The van der Waals surface area contributed by atoms with Gasteiger partial charge >= 0.3 is 5.69 Å². The number of allylic oxidation sites excluding steroid dienone is 1. The fraction of sp³-hybridized carbons (Fsp3) is 0.636. The molecule has 1 aliphatic carbocycles. The van der Waals surface area contributed by atoms with E-state index in [-0.39, 0.29) is 11.3 Å². The van der Waals surface area contributed by atoms with E-state index in [4.69, 9.17) is 23.9 Å². The molecular weight excluding hydrogens is 845 g/mol. The lowest BCUT2D eigenvalue weighted by molar-refractivity contribution is 0.103. The van der Waals surface area contributed by atoms with Crippen LogP contribution in [-0.2, 0) is 20.5 Å². The molecule has 4 rings (SSSR count). The van der Waals surface area contributed by atoms with Gasteiger partial charge < -0.3 is 29.4 Å². The van der Waals surface area contributed by atoms with Crippen LogP contribution in [0.1, 0.15) is 203 Å². The molecule has 0 radical (unpaired) electrons. The van der Waals surface area contributed by atoms with Gasteiger partial charge in [-0.2, -0.15) is 0 Å². The van der Waals surface area contributed by atoms with Crippen LogP contribution in [0.15, 0.2) is 50.6 Å². The van der Waals surface area contributed by atoms with Crippen LogP contribution in [0.25, 0.3) is 0 Å². The SMILES string of the molecule is CCCCCCCCOc1cc2c(cc1OCCCCCCCC)C(=O)/C(=C/Nc1cc(OCCCCCCCC)c(OCCCCCCCC)cc1N=Cc1c(O)n(C)c(=O)n(C)c1=O)C2. The third kappa shape index (κ3) is 17.9. The Morgan fingerprint density at radius 1 is 0.567 bits per heavy atom. The highest BCUT2D eigenvalue weighted by Gasteiger charge is 2.28. The Hall–Kier alpha value is -5.00. The van der Waals surface area contributed by atoms with E-state index in [9.17, 15) is 19.5 Å². The number of anilines is 1. The average Bonchev–Trinajstić information content (AvgIpc) is 3.64. The summed E-state index contributed by atoms with van der Waals surface area (Å²) in [6.07, 6.45) is 30.7. The van der Waals surface area contributed by atoms with E-state index in [2.05, 4.69) is 33.0 Å². The molecule has 12 heteroatoms. The molecule has 1 heterocycles. The fourth-order valence-electron chi connectivity index (χ4n) is 8.29. The van der Waals surface area contributed by atoms with Crippen molar-refractivity contribution in [3.8, 4) is 28.9 Å². The number of ketones is 1. The largest absolute Gasteiger partial charge is 0.494 e. The summed E-state index contributed by atoms with van der Waals surface area (Å²) in [7, 11) is 2.75. The Bertz CT molecular complexity index is 2140. The molecule has 1 aliphatic rings. The number of Topliss-reactive ketones (excluding diaryl/α,β-unsaturated/α-hetero) is 1. The molecule has 0 unspecified atom stereocenters. The van der Waals surface area contributed by atoms with Crippen molar-refractivity contribution in [2.24, 2.45) is 19.1 Å². The molecule has 12 nitrogen and oxygen atoms in total. The van der Waals surface area contributed by atoms with Gasteiger partial charge in [0.1, 0.15) is 5.56 Å². The van der Waals surface area contributed by atoms with Gasteiger partial charge in [-0.3, -0.25) is 23.7 Å². The van der Waals surface area contributed by atoms with E-state index in [1.165, 1.54) is 110 Å². The van der Waals surface area contributed by atoms with Crippen molar-refractivity contribution in [3.05, 3.63) is 73.6 Å². The van der Waals surface area contributed by atoms with Crippen LogP contribution in [0.4, 0.5) is 11.4 Å². The van der Waals surface area contributed by atoms with Crippen LogP contribution in [-0.4, -0.2) is 52.7 Å². The second-order valence-electron chi connectivity index (χ2n) is 18.3. The van der Waals surface area contributed by atoms with Crippen molar-refractivity contribution in [2.75, 3.05) is 31.7 Å². The van der Waals surface area contributed by atoms with Crippen LogP contribution >= 0.6 is 0 Å². The Labute approximate surface area is 401 Å². The maximum Gasteiger partial charge on any atom is 0.333 e. The van der Waals surface area contributed by atoms with E-state index >= 15 is 0 Å². The van der Waals surface area contributed by atoms with Crippen LogP contribution in [0.2, 0.25) is 0 Å². The maximum absolute atomic E-state index is 14.2. The van der Waals surface area contributed by atoms with Gasteiger partial charge in [0.05, 0.1) is 37.8 Å². The predicted octanol–water partition coefficient (Wildman–Crippen LogP) is 13.2. The van der Waals surface area contributed by atoms with Gasteiger partial charge in [0, 0.05) is 56.2 Å². The van der Waals surface area contributed by atoms with Crippen molar-refractivity contribution in [1.82, 2.24) is 9.13 Å². The van der Waals surface area contributed by atoms with Crippen molar-refractivity contribution in [2.45, 2.75) is 188 Å². The molecule has 0 aliphatic heterocycles. The minimum atomic E-state index is -0.681. The number of aromatic hydroxyl groups is 1. The molecule has 372 valence electrons. The Kier molecular flexibility index (Phi) is 25.4. The molecule has 0 saturated heterocycles. The van der Waals surface area contributed by atoms with E-state index in [0.29, 0.717) is 78.4 Å². The van der Waals surface area contributed by atoms with Crippen molar-refractivity contribution in [1.29, 1.82) is 0 Å². The highest BCUT2D eigenvalue weighted by molar-refractivity contribution is 6.13. The third-order valence-electron chi connectivity index (χ3n) is 12.6. The normalized spacial score (nSPS) is 12.9. The minimum Gasteiger partial charge on any atom is -0.494 e. The summed E-state index contributed by atoms with van der Waals surface area (Å²) in [5.74, 6) is 1.74. The topological polar surface area (TPSA) is 143 Å². The molecule has 0 atom stereocenters. The van der Waals surface area contributed by atoms with Crippen LogP contribution in [0.5, 0.6) is 28.9 Å². The number of rotatable bonds is 36. The number of nitrogens with zero attached hydrogens (tertiary/aromatic N) is 3. The van der Waals surface area contributed by atoms with Gasteiger partial charge in [-0.25, -0.2) is 4.79 Å². The molecule has 3 aromatic rings. The number of ether oxygens (including phenoxy) is 4. The second kappa shape index (κ2) is 31.1. The van der Waals surface area contributed by atoms with E-state index in [1.807, 2.05) is 18.2 Å². The molecule has 0 fully saturated rings. The number of fused-ring (bicyclic) bond motifs is 1. The first-order chi connectivity index (χ1) is 32.6. The first kappa shape index (κ1) is 54.6. The van der Waals surface area contributed by atoms with Gasteiger partial charge in [0.15, 0.2) is 28.8 Å². The standard InChI is InChI=1S/C55H84N4O8/c1-7-11-15-19-23-27-31-64-48-36-42-35-43(52(60)44(42)37-49(48)65-32-28-24-20-16-12-8-2)40-56-46-38-50(66-33-29-25-21-17-13-9-3)51(67-34-30-26-22-18-14-10-4)39-47(46)57-41-45-53(61)58(5)55(63)59(6)54(45)62/h36-41,56,61H,7-35H2,1-6H3/b43-40+,57-41?. The summed E-state index contributed by atoms with van der Waals surface area (Å²) in [6, 6.07) is 7.42. The molecule has 67 heavy (non-hydrogen) atoms. The van der Waals surface area contributed by atoms with Gasteiger partial charge in [-0.15, -0.1) is 0 Å². The molecule has 2 N–H and O–H groups in total. The van der Waals surface area contributed by atoms with Crippen molar-refractivity contribution >= 4 is 23.4 Å². The molecule has 0 amide bonds. The Morgan fingerprint density at radius 3 is 1.46 bits per heavy atom. The number of carbonyl (C=O) groups excluding carboxylic acids is 1. The lowest BCUT2D eigenvalue weighted by atomic mass is 10.1. The molecule has 2 aromatic carbocycles. The van der Waals surface area contributed by atoms with Crippen LogP contribution in [0.3, 0.4) is 0 Å². The molecular formula is C55H84N4O8. The van der Waals surface area contributed by atoms with Crippen LogP contribution < -0.4 is 35.5 Å². The highest BCUT2D eigenvalue weighted by atomic mass is 16.5. The molecule has 0 spiro atoms. The van der Waals surface area contributed by atoms with Gasteiger partial charge in [0.25, 0.3) is 5.56 Å². The first-order valence-corrected chi connectivity index (χ1v) is 26.0. The number of hydrogen-bond donors (Lipinski definition) is 2. The zero-order valence-electron chi connectivity index (χ0n) is 42.1. The first-order valence-electron chi connectivity index (χ1n) is 26.0. The molecule has 1 aromatic heterocycles. The predicted molar refractivity (Wildman–Crippen MR) is 274 cm³/mol. The minimum absolute atomic E-state index is 0.100. The number of nitrogens with one attached hydrogen (secondary N) is 1. The summed E-state index contributed by atoms with van der Waals surface area (Å²) >= 11 is 0. The zero-order chi connectivity index (χ0) is 48.2. The number of aromatic nitrogens is 2. The van der Waals surface area contributed by atoms with Gasteiger partial charge in [-0.05, 0) is 43.4 Å². The number of unbranched alkanes of at least 4 members (excludes halogenated alkanes) is 20. The van der Waals surface area contributed by atoms with Gasteiger partial charge in [0.2, 0.25) is 5.88 Å². The number of aliphatic imine (C=N–C) groups is 1. The molecule has 0 saturated carbocycles. The summed E-state index contributed by atoms with van der Waals surface area (Å²) in [6.45, 7) is 11.0. The number of hydrogen-bond acceptors (Lipinski definition) is 10. The Morgan fingerprint density at radius 2 is 0.985 bits per heavy atom. The average molecular weight is 929 g/mol. The maximum atomic E-state index is 14.2. The summed E-state index contributed by atoms with van der Waals surface area (Å²) in [4.78, 5) is 44.6. The highest BCUT2D eigenvalue weighted by Crippen LogP contribution is 2.41. The summed E-state index contributed by atoms with van der Waals surface area (Å²) < 4.78 is 27.5. The smallest absolute Gasteiger partial charge is 0.333 e. The van der Waals surface area contributed by atoms with E-state index < -0.39 is 17.1 Å². The van der Waals surface area contributed by atoms with E-state index in [1.54, 1.807) is 12.3 Å². The lowest BCUT2D eigenvalue weighted by Gasteiger charge is -2.17. The summed E-state index contributed by atoms with van der Waals surface area (Å²) in [5.41, 5.74) is 1.45. The molecule has 0 bridgehead atoms. The number of benzene rings is 2. The third-order valence-corrected chi connectivity index (χ3v) is 12.6. The van der Waals surface area contributed by atoms with E-state index in [0.717, 1.165) is 78.9 Å². The van der Waals surface area contributed by atoms with Crippen molar-refractivity contribution < 1.29 is 28.8 Å². The Balaban J connectivity index is 1.66. The summed E-state index contributed by atoms with van der Waals surface area (Å²) in [5, 5.41) is 14.2.